The summed E-state index contributed by atoms with van der Waals surface area (Å²) in [6.07, 6.45) is 2.86. The van der Waals surface area contributed by atoms with Crippen LogP contribution in [0.25, 0.3) is 0 Å². The number of rotatable bonds is 5. The smallest absolute Gasteiger partial charge is 0.227 e. The van der Waals surface area contributed by atoms with Crippen molar-refractivity contribution in [3.05, 3.63) is 24.3 Å². The van der Waals surface area contributed by atoms with E-state index in [2.05, 4.69) is 31.3 Å². The Morgan fingerprint density at radius 1 is 1.33 bits per heavy atom. The molecule has 0 spiro atoms. The van der Waals surface area contributed by atoms with Crippen molar-refractivity contribution >= 4 is 17.3 Å². The van der Waals surface area contributed by atoms with E-state index >= 15 is 0 Å². The summed E-state index contributed by atoms with van der Waals surface area (Å²) in [5.41, 5.74) is 2.15. The van der Waals surface area contributed by atoms with Crippen molar-refractivity contribution < 1.29 is 4.79 Å². The zero-order valence-electron chi connectivity index (χ0n) is 11.3. The van der Waals surface area contributed by atoms with Gasteiger partial charge < -0.3 is 10.2 Å². The predicted molar refractivity (Wildman–Crippen MR) is 76.0 cm³/mol. The standard InChI is InChI=1S/C15H22N2O/c1-3-12(2)11-16-13-6-8-14(9-7-13)17-10-4-5-15(17)18/h6-9,12,16H,3-5,10-11H2,1-2H3. The number of nitrogens with one attached hydrogen (secondary N) is 1. The Labute approximate surface area is 109 Å². The summed E-state index contributed by atoms with van der Waals surface area (Å²) >= 11 is 0. The molecule has 0 bridgehead atoms. The van der Waals surface area contributed by atoms with Crippen LogP contribution in [0.15, 0.2) is 24.3 Å². The molecule has 1 amide bonds. The first-order valence-corrected chi connectivity index (χ1v) is 6.85. The molecule has 1 saturated heterocycles. The fourth-order valence-electron chi connectivity index (χ4n) is 2.12. The molecule has 1 aromatic carbocycles. The molecule has 0 saturated carbocycles. The Kier molecular flexibility index (Phi) is 4.24. The van der Waals surface area contributed by atoms with Crippen molar-refractivity contribution in [3.63, 3.8) is 0 Å². The van der Waals surface area contributed by atoms with Gasteiger partial charge >= 0.3 is 0 Å². The number of benzene rings is 1. The van der Waals surface area contributed by atoms with Gasteiger partial charge in [-0.15, -0.1) is 0 Å². The van der Waals surface area contributed by atoms with Crippen molar-refractivity contribution in [1.29, 1.82) is 0 Å². The van der Waals surface area contributed by atoms with Crippen LogP contribution in [-0.2, 0) is 4.79 Å². The van der Waals surface area contributed by atoms with E-state index in [1.807, 2.05) is 17.0 Å². The van der Waals surface area contributed by atoms with E-state index < -0.39 is 0 Å². The number of nitrogens with zero attached hydrogens (tertiary/aromatic N) is 1. The summed E-state index contributed by atoms with van der Waals surface area (Å²) in [6, 6.07) is 8.18. The maximum Gasteiger partial charge on any atom is 0.227 e. The Morgan fingerprint density at radius 3 is 2.61 bits per heavy atom. The molecule has 1 fully saturated rings. The molecular weight excluding hydrogens is 224 g/mol. The van der Waals surface area contributed by atoms with Gasteiger partial charge in [0.25, 0.3) is 0 Å². The van der Waals surface area contributed by atoms with Crippen LogP contribution >= 0.6 is 0 Å². The van der Waals surface area contributed by atoms with Crippen molar-refractivity contribution in [2.75, 3.05) is 23.3 Å². The van der Waals surface area contributed by atoms with Gasteiger partial charge in [0.2, 0.25) is 5.91 Å². The van der Waals surface area contributed by atoms with Crippen LogP contribution in [0, 0.1) is 5.92 Å². The second kappa shape index (κ2) is 5.89. The minimum atomic E-state index is 0.246. The predicted octanol–water partition coefficient (Wildman–Crippen LogP) is 3.27. The summed E-state index contributed by atoms with van der Waals surface area (Å²) in [6.45, 7) is 6.30. The molecular formula is C15H22N2O. The van der Waals surface area contributed by atoms with E-state index in [-0.39, 0.29) is 5.91 Å². The molecule has 0 radical (unpaired) electrons. The largest absolute Gasteiger partial charge is 0.385 e. The molecule has 3 heteroatoms. The van der Waals surface area contributed by atoms with Gasteiger partial charge in [0, 0.05) is 30.9 Å². The molecule has 1 aromatic rings. The van der Waals surface area contributed by atoms with E-state index in [9.17, 15) is 4.79 Å². The number of hydrogen-bond donors (Lipinski definition) is 1. The average Bonchev–Trinajstić information content (AvgIpc) is 2.83. The first kappa shape index (κ1) is 12.9. The molecule has 1 aliphatic rings. The Bertz CT molecular complexity index is 399. The third-order valence-electron chi connectivity index (χ3n) is 3.60. The molecule has 0 aliphatic carbocycles. The highest BCUT2D eigenvalue weighted by Gasteiger charge is 2.21. The molecule has 1 aliphatic heterocycles. The normalized spacial score (nSPS) is 17.0. The molecule has 2 rings (SSSR count). The van der Waals surface area contributed by atoms with E-state index in [1.54, 1.807) is 0 Å². The first-order valence-electron chi connectivity index (χ1n) is 6.85. The van der Waals surface area contributed by atoms with E-state index in [0.717, 1.165) is 30.9 Å². The number of carbonyl (C=O) groups excluding carboxylic acids is 1. The van der Waals surface area contributed by atoms with Crippen LogP contribution in [-0.4, -0.2) is 19.0 Å². The lowest BCUT2D eigenvalue weighted by atomic mass is 10.1. The average molecular weight is 246 g/mol. The highest BCUT2D eigenvalue weighted by molar-refractivity contribution is 5.95. The van der Waals surface area contributed by atoms with Crippen molar-refractivity contribution in [2.45, 2.75) is 33.1 Å². The fourth-order valence-corrected chi connectivity index (χ4v) is 2.12. The van der Waals surface area contributed by atoms with Gasteiger partial charge in [-0.1, -0.05) is 20.3 Å². The van der Waals surface area contributed by atoms with Gasteiger partial charge in [0.05, 0.1) is 0 Å². The second-order valence-electron chi connectivity index (χ2n) is 5.09. The Balaban J connectivity index is 1.95. The summed E-state index contributed by atoms with van der Waals surface area (Å²) in [7, 11) is 0. The zero-order valence-corrected chi connectivity index (χ0v) is 11.3. The van der Waals surface area contributed by atoms with Gasteiger partial charge in [-0.2, -0.15) is 0 Å². The summed E-state index contributed by atoms with van der Waals surface area (Å²) in [4.78, 5) is 13.5. The minimum absolute atomic E-state index is 0.246. The summed E-state index contributed by atoms with van der Waals surface area (Å²) in [5, 5.41) is 3.42. The van der Waals surface area contributed by atoms with E-state index in [4.69, 9.17) is 0 Å². The topological polar surface area (TPSA) is 32.3 Å². The van der Waals surface area contributed by atoms with E-state index in [1.165, 1.54) is 6.42 Å². The van der Waals surface area contributed by atoms with Gasteiger partial charge in [-0.05, 0) is 36.6 Å². The summed E-state index contributed by atoms with van der Waals surface area (Å²) in [5.74, 6) is 0.931. The van der Waals surface area contributed by atoms with Crippen molar-refractivity contribution in [1.82, 2.24) is 0 Å². The lowest BCUT2D eigenvalue weighted by Gasteiger charge is -2.17. The van der Waals surface area contributed by atoms with Gasteiger partial charge in [0.15, 0.2) is 0 Å². The van der Waals surface area contributed by atoms with Crippen LogP contribution in [0.5, 0.6) is 0 Å². The molecule has 98 valence electrons. The number of carbonyl (C=O) groups is 1. The molecule has 0 aromatic heterocycles. The Hall–Kier alpha value is -1.51. The third kappa shape index (κ3) is 3.03. The number of hydrogen-bond acceptors (Lipinski definition) is 2. The minimum Gasteiger partial charge on any atom is -0.385 e. The van der Waals surface area contributed by atoms with Crippen molar-refractivity contribution in [2.24, 2.45) is 5.92 Å². The van der Waals surface area contributed by atoms with Crippen LogP contribution in [0.3, 0.4) is 0 Å². The zero-order chi connectivity index (χ0) is 13.0. The number of anilines is 2. The van der Waals surface area contributed by atoms with Gasteiger partial charge in [0.1, 0.15) is 0 Å². The van der Waals surface area contributed by atoms with E-state index in [0.29, 0.717) is 12.3 Å². The highest BCUT2D eigenvalue weighted by Crippen LogP contribution is 2.23. The molecule has 1 N–H and O–H groups in total. The second-order valence-corrected chi connectivity index (χ2v) is 5.09. The molecule has 1 unspecified atom stereocenters. The van der Waals surface area contributed by atoms with Crippen molar-refractivity contribution in [3.8, 4) is 0 Å². The van der Waals surface area contributed by atoms with Crippen LogP contribution in [0.4, 0.5) is 11.4 Å². The Morgan fingerprint density at radius 2 is 2.06 bits per heavy atom. The third-order valence-corrected chi connectivity index (χ3v) is 3.60. The quantitative estimate of drug-likeness (QED) is 0.864. The first-order chi connectivity index (χ1) is 8.70. The molecule has 1 heterocycles. The van der Waals surface area contributed by atoms with Crippen LogP contribution < -0.4 is 10.2 Å². The monoisotopic (exact) mass is 246 g/mol. The van der Waals surface area contributed by atoms with Gasteiger partial charge in [-0.25, -0.2) is 0 Å². The van der Waals surface area contributed by atoms with Crippen LogP contribution in [0.1, 0.15) is 33.1 Å². The SMILES string of the molecule is CCC(C)CNc1ccc(N2CCCC2=O)cc1. The lowest BCUT2D eigenvalue weighted by molar-refractivity contribution is -0.117. The van der Waals surface area contributed by atoms with Gasteiger partial charge in [-0.3, -0.25) is 4.79 Å². The molecule has 18 heavy (non-hydrogen) atoms. The maximum atomic E-state index is 11.6. The fraction of sp³-hybridized carbons (Fsp3) is 0.533. The molecule has 1 atom stereocenters. The summed E-state index contributed by atoms with van der Waals surface area (Å²) < 4.78 is 0. The highest BCUT2D eigenvalue weighted by atomic mass is 16.2. The molecule has 3 nitrogen and oxygen atoms in total. The van der Waals surface area contributed by atoms with Crippen LogP contribution in [0.2, 0.25) is 0 Å². The number of amides is 1. The lowest BCUT2D eigenvalue weighted by Crippen LogP contribution is -2.23. The maximum absolute atomic E-state index is 11.6.